The number of aliphatic hydroxyl groups is 1. The molecule has 22 heavy (non-hydrogen) atoms. The Morgan fingerprint density at radius 1 is 1.27 bits per heavy atom. The lowest BCUT2D eigenvalue weighted by Crippen LogP contribution is -2.38. The molecule has 1 aromatic rings. The summed E-state index contributed by atoms with van der Waals surface area (Å²) in [6.07, 6.45) is 2.56. The fourth-order valence-electron chi connectivity index (χ4n) is 3.56. The highest BCUT2D eigenvalue weighted by molar-refractivity contribution is 5.85. The van der Waals surface area contributed by atoms with Crippen molar-refractivity contribution in [3.63, 3.8) is 0 Å². The zero-order valence-corrected chi connectivity index (χ0v) is 13.3. The number of halogens is 3. The highest BCUT2D eigenvalue weighted by atomic mass is 35.5. The average molecular weight is 333 g/mol. The SMILES string of the molecule is Cl.OC1CC(c2ccc(F)c(F)c2)N(CC2CCCNC2)C1. The third kappa shape index (κ3) is 3.96. The number of nitrogens with zero attached hydrogens (tertiary/aromatic N) is 1. The first-order valence-electron chi connectivity index (χ1n) is 7.71. The van der Waals surface area contributed by atoms with Gasteiger partial charge >= 0.3 is 0 Å². The molecule has 0 aromatic heterocycles. The maximum Gasteiger partial charge on any atom is 0.159 e. The van der Waals surface area contributed by atoms with Gasteiger partial charge in [-0.1, -0.05) is 6.07 Å². The van der Waals surface area contributed by atoms with Crippen molar-refractivity contribution in [3.05, 3.63) is 35.4 Å². The Morgan fingerprint density at radius 2 is 2.09 bits per heavy atom. The van der Waals surface area contributed by atoms with Crippen LogP contribution in [0.3, 0.4) is 0 Å². The minimum absolute atomic E-state index is 0. The minimum atomic E-state index is -0.819. The number of likely N-dealkylation sites (tertiary alicyclic amines) is 1. The van der Waals surface area contributed by atoms with Crippen LogP contribution in [0.25, 0.3) is 0 Å². The van der Waals surface area contributed by atoms with Crippen LogP contribution in [0.4, 0.5) is 8.78 Å². The van der Waals surface area contributed by atoms with Gasteiger partial charge in [0.05, 0.1) is 6.10 Å². The van der Waals surface area contributed by atoms with E-state index >= 15 is 0 Å². The largest absolute Gasteiger partial charge is 0.392 e. The van der Waals surface area contributed by atoms with E-state index in [4.69, 9.17) is 0 Å². The topological polar surface area (TPSA) is 35.5 Å². The van der Waals surface area contributed by atoms with Gasteiger partial charge in [0.25, 0.3) is 0 Å². The number of nitrogens with one attached hydrogen (secondary N) is 1. The van der Waals surface area contributed by atoms with E-state index in [9.17, 15) is 13.9 Å². The number of hydrogen-bond acceptors (Lipinski definition) is 3. The van der Waals surface area contributed by atoms with Gasteiger partial charge in [-0.05, 0) is 56.0 Å². The molecule has 2 heterocycles. The highest BCUT2D eigenvalue weighted by Gasteiger charge is 2.33. The summed E-state index contributed by atoms with van der Waals surface area (Å²) < 4.78 is 26.5. The normalized spacial score (nSPS) is 29.3. The predicted molar refractivity (Wildman–Crippen MR) is 84.1 cm³/mol. The Morgan fingerprint density at radius 3 is 2.77 bits per heavy atom. The molecule has 3 rings (SSSR count). The maximum absolute atomic E-state index is 13.4. The lowest BCUT2D eigenvalue weighted by molar-refractivity contribution is 0.158. The average Bonchev–Trinajstić information content (AvgIpc) is 2.84. The van der Waals surface area contributed by atoms with Crippen LogP contribution >= 0.6 is 12.4 Å². The van der Waals surface area contributed by atoms with Gasteiger partial charge in [0, 0.05) is 19.1 Å². The van der Waals surface area contributed by atoms with Crippen molar-refractivity contribution in [1.82, 2.24) is 10.2 Å². The molecule has 0 saturated carbocycles. The molecular formula is C16H23ClF2N2O. The molecule has 3 unspecified atom stereocenters. The predicted octanol–water partition coefficient (Wildman–Crippen LogP) is 2.49. The number of piperidine rings is 1. The molecule has 2 aliphatic heterocycles. The van der Waals surface area contributed by atoms with Gasteiger partial charge in [-0.3, -0.25) is 4.90 Å². The van der Waals surface area contributed by atoms with Gasteiger partial charge in [-0.2, -0.15) is 0 Å². The molecule has 0 aliphatic carbocycles. The van der Waals surface area contributed by atoms with E-state index in [2.05, 4.69) is 10.2 Å². The molecule has 0 radical (unpaired) electrons. The Balaban J connectivity index is 0.00000176. The summed E-state index contributed by atoms with van der Waals surface area (Å²) in [5.41, 5.74) is 0.759. The summed E-state index contributed by atoms with van der Waals surface area (Å²) in [6, 6.07) is 4.06. The zero-order valence-electron chi connectivity index (χ0n) is 12.5. The van der Waals surface area contributed by atoms with Crippen molar-refractivity contribution in [1.29, 1.82) is 0 Å². The van der Waals surface area contributed by atoms with Gasteiger partial charge in [0.2, 0.25) is 0 Å². The molecule has 3 atom stereocenters. The molecular weight excluding hydrogens is 310 g/mol. The third-order valence-electron chi connectivity index (χ3n) is 4.60. The summed E-state index contributed by atoms with van der Waals surface area (Å²) in [7, 11) is 0. The van der Waals surface area contributed by atoms with Crippen LogP contribution in [0.15, 0.2) is 18.2 Å². The molecule has 3 nitrogen and oxygen atoms in total. The first-order chi connectivity index (χ1) is 10.1. The second-order valence-electron chi connectivity index (χ2n) is 6.25. The Labute approximate surface area is 136 Å². The molecule has 1 aromatic carbocycles. The molecule has 2 saturated heterocycles. The lowest BCUT2D eigenvalue weighted by atomic mass is 9.97. The first-order valence-corrected chi connectivity index (χ1v) is 7.71. The van der Waals surface area contributed by atoms with Crippen molar-refractivity contribution in [2.45, 2.75) is 31.4 Å². The van der Waals surface area contributed by atoms with Gasteiger partial charge < -0.3 is 10.4 Å². The monoisotopic (exact) mass is 332 g/mol. The standard InChI is InChI=1S/C16H22F2N2O.ClH/c17-14-4-3-12(6-15(14)18)16-7-13(21)10-20(16)9-11-2-1-5-19-8-11;/h3-4,6,11,13,16,19,21H,1-2,5,7-10H2;1H. The first kappa shape index (κ1) is 17.6. The van der Waals surface area contributed by atoms with Crippen molar-refractivity contribution in [2.75, 3.05) is 26.2 Å². The van der Waals surface area contributed by atoms with E-state index in [1.165, 1.54) is 25.0 Å². The second kappa shape index (κ2) is 7.68. The smallest absolute Gasteiger partial charge is 0.159 e. The Hall–Kier alpha value is -0.750. The number of benzene rings is 1. The summed E-state index contributed by atoms with van der Waals surface area (Å²) in [5.74, 6) is -1.06. The summed E-state index contributed by atoms with van der Waals surface area (Å²) in [5, 5.41) is 13.4. The molecule has 6 heteroatoms. The van der Waals surface area contributed by atoms with Crippen LogP contribution in [0.1, 0.15) is 30.9 Å². The molecule has 0 bridgehead atoms. The zero-order chi connectivity index (χ0) is 14.8. The van der Waals surface area contributed by atoms with Crippen molar-refractivity contribution in [3.8, 4) is 0 Å². The van der Waals surface area contributed by atoms with E-state index in [1.54, 1.807) is 6.07 Å². The Bertz CT molecular complexity index is 497. The number of β-amino-alcohol motifs (C(OH)–C–C–N with tert-alkyl or cyclic N) is 1. The van der Waals surface area contributed by atoms with Gasteiger partial charge in [0.15, 0.2) is 11.6 Å². The van der Waals surface area contributed by atoms with E-state index in [0.29, 0.717) is 18.9 Å². The number of hydrogen-bond donors (Lipinski definition) is 2. The van der Waals surface area contributed by atoms with Gasteiger partial charge in [-0.15, -0.1) is 12.4 Å². The number of aliphatic hydroxyl groups excluding tert-OH is 1. The van der Waals surface area contributed by atoms with E-state index < -0.39 is 11.6 Å². The van der Waals surface area contributed by atoms with Crippen LogP contribution in [0, 0.1) is 17.6 Å². The van der Waals surface area contributed by atoms with E-state index in [0.717, 1.165) is 25.2 Å². The van der Waals surface area contributed by atoms with Crippen molar-refractivity contribution < 1.29 is 13.9 Å². The van der Waals surface area contributed by atoms with Crippen LogP contribution in [0.2, 0.25) is 0 Å². The maximum atomic E-state index is 13.4. The van der Waals surface area contributed by atoms with E-state index in [-0.39, 0.29) is 24.6 Å². The van der Waals surface area contributed by atoms with Crippen LogP contribution in [-0.4, -0.2) is 42.3 Å². The van der Waals surface area contributed by atoms with Crippen LogP contribution < -0.4 is 5.32 Å². The third-order valence-corrected chi connectivity index (χ3v) is 4.60. The molecule has 2 N–H and O–H groups in total. The molecule has 2 fully saturated rings. The fraction of sp³-hybridized carbons (Fsp3) is 0.625. The quantitative estimate of drug-likeness (QED) is 0.892. The van der Waals surface area contributed by atoms with Gasteiger partial charge in [-0.25, -0.2) is 8.78 Å². The van der Waals surface area contributed by atoms with Crippen molar-refractivity contribution >= 4 is 12.4 Å². The summed E-state index contributed by atoms with van der Waals surface area (Å²) in [4.78, 5) is 2.22. The minimum Gasteiger partial charge on any atom is -0.392 e. The number of rotatable bonds is 3. The summed E-state index contributed by atoms with van der Waals surface area (Å²) in [6.45, 7) is 3.58. The molecule has 2 aliphatic rings. The summed E-state index contributed by atoms with van der Waals surface area (Å²) >= 11 is 0. The van der Waals surface area contributed by atoms with Crippen LogP contribution in [-0.2, 0) is 0 Å². The van der Waals surface area contributed by atoms with Crippen LogP contribution in [0.5, 0.6) is 0 Å². The second-order valence-corrected chi connectivity index (χ2v) is 6.25. The lowest BCUT2D eigenvalue weighted by Gasteiger charge is -2.31. The molecule has 0 amide bonds. The molecule has 0 spiro atoms. The Kier molecular flexibility index (Phi) is 6.15. The molecule has 124 valence electrons. The highest BCUT2D eigenvalue weighted by Crippen LogP contribution is 2.34. The van der Waals surface area contributed by atoms with E-state index in [1.807, 2.05) is 0 Å². The van der Waals surface area contributed by atoms with Gasteiger partial charge in [0.1, 0.15) is 0 Å². The van der Waals surface area contributed by atoms with Crippen molar-refractivity contribution in [2.24, 2.45) is 5.92 Å². The fourth-order valence-corrected chi connectivity index (χ4v) is 3.56.